The van der Waals surface area contributed by atoms with Crippen LogP contribution in [0.4, 0.5) is 0 Å². The fraction of sp³-hybridized carbons (Fsp3) is 0.812. The molecular formula is C16H29BrO2Si. The Balaban J connectivity index is 4.97. The molecule has 0 unspecified atom stereocenters. The van der Waals surface area contributed by atoms with Crippen molar-refractivity contribution in [3.05, 3.63) is 0 Å². The molecule has 0 atom stereocenters. The van der Waals surface area contributed by atoms with Crippen molar-refractivity contribution in [3.63, 3.8) is 0 Å². The Bertz CT molecular complexity index is 362. The topological polar surface area (TPSA) is 26.3 Å². The van der Waals surface area contributed by atoms with E-state index in [1.54, 1.807) is 13.8 Å². The summed E-state index contributed by atoms with van der Waals surface area (Å²) in [6, 6.07) is 0. The first kappa shape index (κ1) is 19.7. The predicted molar refractivity (Wildman–Crippen MR) is 92.8 cm³/mol. The van der Waals surface area contributed by atoms with Crippen LogP contribution >= 0.6 is 15.9 Å². The number of hydrogen-bond donors (Lipinski definition) is 0. The molecule has 0 bridgehead atoms. The van der Waals surface area contributed by atoms with E-state index in [0.29, 0.717) is 16.6 Å². The van der Waals surface area contributed by atoms with Gasteiger partial charge in [0.15, 0.2) is 6.61 Å². The Kier molecular flexibility index (Phi) is 7.55. The molecule has 2 nitrogen and oxygen atoms in total. The molecule has 0 fully saturated rings. The van der Waals surface area contributed by atoms with Crippen LogP contribution in [0.25, 0.3) is 0 Å². The van der Waals surface area contributed by atoms with Crippen LogP contribution in [0.3, 0.4) is 0 Å². The summed E-state index contributed by atoms with van der Waals surface area (Å²) >= 11 is 3.29. The number of rotatable bonds is 5. The third-order valence-corrected chi connectivity index (χ3v) is 10.6. The minimum atomic E-state index is -1.71. The lowest BCUT2D eigenvalue weighted by Gasteiger charge is -2.38. The second-order valence-electron chi connectivity index (χ2n) is 6.75. The second kappa shape index (κ2) is 7.65. The van der Waals surface area contributed by atoms with Crippen molar-refractivity contribution < 1.29 is 9.53 Å². The average Bonchev–Trinajstić information content (AvgIpc) is 2.25. The van der Waals surface area contributed by atoms with Crippen LogP contribution in [0.15, 0.2) is 0 Å². The molecule has 116 valence electrons. The van der Waals surface area contributed by atoms with Crippen LogP contribution in [0.2, 0.25) is 16.6 Å². The SMILES string of the molecule is CC(C)[Si](C#CCOC(=O)C(C)(C)Br)(C(C)C)C(C)C. The first-order valence-corrected chi connectivity index (χ1v) is 10.3. The van der Waals surface area contributed by atoms with Gasteiger partial charge >= 0.3 is 5.97 Å². The van der Waals surface area contributed by atoms with Crippen LogP contribution in [-0.4, -0.2) is 25.0 Å². The van der Waals surface area contributed by atoms with Crippen molar-refractivity contribution in [2.45, 2.75) is 76.3 Å². The van der Waals surface area contributed by atoms with Gasteiger partial charge in [0.2, 0.25) is 0 Å². The van der Waals surface area contributed by atoms with Crippen molar-refractivity contribution >= 4 is 30.0 Å². The van der Waals surface area contributed by atoms with Gasteiger partial charge in [0.25, 0.3) is 0 Å². The van der Waals surface area contributed by atoms with E-state index in [-0.39, 0.29) is 12.6 Å². The molecule has 0 aromatic rings. The van der Waals surface area contributed by atoms with Gasteiger partial charge in [-0.25, -0.2) is 0 Å². The molecule has 0 aliphatic rings. The van der Waals surface area contributed by atoms with E-state index in [9.17, 15) is 4.79 Å². The molecule has 4 heteroatoms. The normalized spacial score (nSPS) is 12.6. The lowest BCUT2D eigenvalue weighted by atomic mass is 10.2. The number of carbonyl (C=O) groups is 1. The monoisotopic (exact) mass is 360 g/mol. The van der Waals surface area contributed by atoms with Crippen molar-refractivity contribution in [1.82, 2.24) is 0 Å². The maximum Gasteiger partial charge on any atom is 0.323 e. The Hall–Kier alpha value is -0.273. The highest BCUT2D eigenvalue weighted by atomic mass is 79.9. The van der Waals surface area contributed by atoms with E-state index in [1.807, 2.05) is 0 Å². The summed E-state index contributed by atoms with van der Waals surface area (Å²) in [6.45, 7) is 17.4. The Morgan fingerprint density at radius 2 is 1.50 bits per heavy atom. The van der Waals surface area contributed by atoms with Gasteiger partial charge in [-0.2, -0.15) is 0 Å². The van der Waals surface area contributed by atoms with Crippen LogP contribution in [0.5, 0.6) is 0 Å². The molecule has 0 aliphatic heterocycles. The summed E-state index contributed by atoms with van der Waals surface area (Å²) < 4.78 is 4.56. The van der Waals surface area contributed by atoms with E-state index < -0.39 is 12.4 Å². The molecule has 0 saturated heterocycles. The minimum Gasteiger partial charge on any atom is -0.452 e. The van der Waals surface area contributed by atoms with Gasteiger partial charge in [0.1, 0.15) is 12.4 Å². The number of hydrogen-bond acceptors (Lipinski definition) is 2. The number of alkyl halides is 1. The number of halogens is 1. The minimum absolute atomic E-state index is 0.189. The van der Waals surface area contributed by atoms with E-state index in [2.05, 4.69) is 68.9 Å². The van der Waals surface area contributed by atoms with Gasteiger partial charge in [-0.3, -0.25) is 4.79 Å². The van der Waals surface area contributed by atoms with Gasteiger partial charge in [-0.05, 0) is 30.5 Å². The van der Waals surface area contributed by atoms with Crippen LogP contribution in [0, 0.1) is 11.5 Å². The van der Waals surface area contributed by atoms with E-state index >= 15 is 0 Å². The van der Waals surface area contributed by atoms with Crippen molar-refractivity contribution in [3.8, 4) is 11.5 Å². The third kappa shape index (κ3) is 4.93. The molecule has 0 amide bonds. The molecule has 0 aliphatic carbocycles. The third-order valence-electron chi connectivity index (χ3n) is 3.93. The van der Waals surface area contributed by atoms with Gasteiger partial charge in [-0.15, -0.1) is 5.54 Å². The zero-order valence-corrected chi connectivity index (χ0v) is 16.7. The fourth-order valence-electron chi connectivity index (χ4n) is 2.90. The largest absolute Gasteiger partial charge is 0.452 e. The maximum absolute atomic E-state index is 11.7. The predicted octanol–water partition coefficient (Wildman–Crippen LogP) is 4.92. The lowest BCUT2D eigenvalue weighted by molar-refractivity contribution is -0.143. The average molecular weight is 361 g/mol. The Morgan fingerprint density at radius 1 is 1.10 bits per heavy atom. The summed E-state index contributed by atoms with van der Waals surface area (Å²) in [5, 5.41) is 0. The molecular weight excluding hydrogens is 332 g/mol. The highest BCUT2D eigenvalue weighted by molar-refractivity contribution is 9.10. The fourth-order valence-corrected chi connectivity index (χ4v) is 8.25. The highest BCUT2D eigenvalue weighted by Crippen LogP contribution is 2.40. The molecule has 0 radical (unpaired) electrons. The van der Waals surface area contributed by atoms with Crippen molar-refractivity contribution in [2.75, 3.05) is 6.61 Å². The summed E-state index contributed by atoms with van der Waals surface area (Å²) in [5.41, 5.74) is 5.32. The molecule has 0 heterocycles. The van der Waals surface area contributed by atoms with Gasteiger partial charge in [0, 0.05) is 0 Å². The van der Waals surface area contributed by atoms with Gasteiger partial charge in [-0.1, -0.05) is 63.4 Å². The van der Waals surface area contributed by atoms with Crippen LogP contribution < -0.4 is 0 Å². The molecule has 0 saturated carbocycles. The Labute approximate surface area is 134 Å². The molecule has 0 aromatic heterocycles. The standard InChI is InChI=1S/C16H29BrO2Si/c1-12(2)20(13(3)4,14(5)6)11-9-10-19-15(18)16(7,8)17/h12-14H,10H2,1-8H3. The first-order valence-electron chi connectivity index (χ1n) is 7.32. The van der Waals surface area contributed by atoms with Crippen molar-refractivity contribution in [1.29, 1.82) is 0 Å². The van der Waals surface area contributed by atoms with Crippen molar-refractivity contribution in [2.24, 2.45) is 0 Å². The lowest BCUT2D eigenvalue weighted by Crippen LogP contribution is -2.43. The van der Waals surface area contributed by atoms with E-state index in [1.165, 1.54) is 0 Å². The van der Waals surface area contributed by atoms with E-state index in [4.69, 9.17) is 4.74 Å². The van der Waals surface area contributed by atoms with Crippen LogP contribution in [0.1, 0.15) is 55.4 Å². The molecule has 0 spiro atoms. The summed E-state index contributed by atoms with van der Waals surface area (Å²) in [5.74, 6) is 2.86. The second-order valence-corrected chi connectivity index (χ2v) is 14.3. The zero-order chi connectivity index (χ0) is 16.1. The van der Waals surface area contributed by atoms with Crippen LogP contribution in [-0.2, 0) is 9.53 Å². The quantitative estimate of drug-likeness (QED) is 0.301. The number of carbonyl (C=O) groups excluding carboxylic acids is 1. The van der Waals surface area contributed by atoms with Gasteiger partial charge in [0.05, 0.1) is 0 Å². The smallest absolute Gasteiger partial charge is 0.323 e. The number of ether oxygens (including phenoxy) is 1. The molecule has 0 rings (SSSR count). The first-order chi connectivity index (χ1) is 8.96. The molecule has 0 N–H and O–H groups in total. The molecule has 20 heavy (non-hydrogen) atoms. The number of esters is 1. The zero-order valence-electron chi connectivity index (χ0n) is 14.1. The molecule has 0 aromatic carbocycles. The highest BCUT2D eigenvalue weighted by Gasteiger charge is 2.41. The summed E-state index contributed by atoms with van der Waals surface area (Å²) in [7, 11) is -1.71. The van der Waals surface area contributed by atoms with E-state index in [0.717, 1.165) is 0 Å². The Morgan fingerprint density at radius 3 is 1.80 bits per heavy atom. The summed E-state index contributed by atoms with van der Waals surface area (Å²) in [4.78, 5) is 11.7. The van der Waals surface area contributed by atoms with Gasteiger partial charge < -0.3 is 4.74 Å². The maximum atomic E-state index is 11.7. The summed E-state index contributed by atoms with van der Waals surface area (Å²) in [6.07, 6.45) is 0.